The lowest BCUT2D eigenvalue weighted by atomic mass is 9.97. The highest BCUT2D eigenvalue weighted by Gasteiger charge is 2.38. The van der Waals surface area contributed by atoms with Crippen molar-refractivity contribution in [1.82, 2.24) is 0 Å². The van der Waals surface area contributed by atoms with E-state index in [1.54, 1.807) is 18.2 Å². The van der Waals surface area contributed by atoms with Crippen LogP contribution in [0.4, 0.5) is 18.9 Å². The molecule has 0 fully saturated rings. The first-order valence-electron chi connectivity index (χ1n) is 10.3. The third-order valence-corrected chi connectivity index (χ3v) is 5.75. The Hall–Kier alpha value is -3.64. The summed E-state index contributed by atoms with van der Waals surface area (Å²) in [6.07, 6.45) is -2.75. The van der Waals surface area contributed by atoms with Gasteiger partial charge >= 0.3 is 6.18 Å². The molecule has 1 aliphatic carbocycles. The molecule has 0 saturated heterocycles. The van der Waals surface area contributed by atoms with Gasteiger partial charge in [-0.15, -0.1) is 0 Å². The Balaban J connectivity index is 1.77. The summed E-state index contributed by atoms with van der Waals surface area (Å²) in [7, 11) is 0. The summed E-state index contributed by atoms with van der Waals surface area (Å²) in [6, 6.07) is 8.31. The van der Waals surface area contributed by atoms with Crippen LogP contribution < -0.4 is 9.75 Å². The fourth-order valence-electron chi connectivity index (χ4n) is 3.87. The Kier molecular flexibility index (Phi) is 5.96. The third-order valence-electron chi connectivity index (χ3n) is 5.47. The van der Waals surface area contributed by atoms with Crippen molar-refractivity contribution in [2.45, 2.75) is 32.9 Å². The summed E-state index contributed by atoms with van der Waals surface area (Å²) >= 11 is 6.20. The number of ketones is 1. The van der Waals surface area contributed by atoms with E-state index in [4.69, 9.17) is 21.6 Å². The summed E-state index contributed by atoms with van der Waals surface area (Å²) in [5.74, 6) is -1.91. The number of alkyl halides is 3. The maximum atomic E-state index is 14.0. The number of nitrogens with zero attached hydrogens (tertiary/aromatic N) is 3. The lowest BCUT2D eigenvalue weighted by Gasteiger charge is -2.23. The molecular formula is C24H17ClF3N3O3. The van der Waals surface area contributed by atoms with Crippen LogP contribution in [0.5, 0.6) is 11.5 Å². The summed E-state index contributed by atoms with van der Waals surface area (Å²) in [6.45, 7) is 4.06. The van der Waals surface area contributed by atoms with Crippen LogP contribution in [-0.4, -0.2) is 17.4 Å². The van der Waals surface area contributed by atoms with Crippen molar-refractivity contribution in [3.05, 3.63) is 58.1 Å². The summed E-state index contributed by atoms with van der Waals surface area (Å²) < 4.78 is 47.5. The first kappa shape index (κ1) is 23.5. The van der Waals surface area contributed by atoms with Crippen molar-refractivity contribution in [2.24, 2.45) is 11.0 Å². The lowest BCUT2D eigenvalue weighted by molar-refractivity contribution is -0.138. The van der Waals surface area contributed by atoms with Crippen LogP contribution in [0.15, 0.2) is 41.5 Å². The highest BCUT2D eigenvalue weighted by atomic mass is 35.5. The molecule has 0 bridgehead atoms. The van der Waals surface area contributed by atoms with Crippen molar-refractivity contribution in [3.8, 4) is 17.6 Å². The second kappa shape index (κ2) is 8.61. The summed E-state index contributed by atoms with van der Waals surface area (Å²) in [4.78, 5) is 23.9. The highest BCUT2D eigenvalue weighted by Crippen LogP contribution is 2.46. The Morgan fingerprint density at radius 1 is 1.21 bits per heavy atom. The number of allylic oxidation sites excluding steroid dienone is 2. The molecule has 1 heterocycles. The number of benzene rings is 2. The van der Waals surface area contributed by atoms with Crippen LogP contribution in [0.2, 0.25) is 5.02 Å². The van der Waals surface area contributed by atoms with Gasteiger partial charge in [0.25, 0.3) is 5.91 Å². The Labute approximate surface area is 197 Å². The molecule has 0 atom stereocenters. The number of hydrazone groups is 1. The van der Waals surface area contributed by atoms with E-state index in [1.165, 1.54) is 6.07 Å². The van der Waals surface area contributed by atoms with Gasteiger partial charge in [-0.25, -0.2) is 0 Å². The average Bonchev–Trinajstić information content (AvgIpc) is 3.18. The van der Waals surface area contributed by atoms with Gasteiger partial charge in [-0.2, -0.15) is 28.5 Å². The molecule has 6 nitrogen and oxygen atoms in total. The van der Waals surface area contributed by atoms with E-state index in [-0.39, 0.29) is 17.4 Å². The number of carbonyl (C=O) groups is 2. The van der Waals surface area contributed by atoms with E-state index in [1.807, 2.05) is 13.8 Å². The van der Waals surface area contributed by atoms with Crippen LogP contribution >= 0.6 is 11.6 Å². The maximum Gasteiger partial charge on any atom is 0.420 e. The van der Waals surface area contributed by atoms with Crippen molar-refractivity contribution in [1.29, 1.82) is 5.26 Å². The van der Waals surface area contributed by atoms with Gasteiger partial charge in [0.05, 0.1) is 17.1 Å². The fraction of sp³-hybridized carbons (Fsp3) is 0.250. The van der Waals surface area contributed by atoms with Crippen LogP contribution in [-0.2, 0) is 22.2 Å². The number of carbonyl (C=O) groups excluding carboxylic acids is 2. The normalized spacial score (nSPS) is 15.8. The van der Waals surface area contributed by atoms with Gasteiger partial charge in [0.2, 0.25) is 11.5 Å². The number of Topliss-reactive ketones (excluding diaryl/α,β-unsaturated/α-hetero) is 1. The van der Waals surface area contributed by atoms with Gasteiger partial charge in [0.15, 0.2) is 5.75 Å². The molecule has 0 spiro atoms. The topological polar surface area (TPSA) is 82.8 Å². The predicted molar refractivity (Wildman–Crippen MR) is 120 cm³/mol. The summed E-state index contributed by atoms with van der Waals surface area (Å²) in [5.41, 5.74) is 0.898. The van der Waals surface area contributed by atoms with E-state index >= 15 is 0 Å². The average molecular weight is 488 g/mol. The molecule has 0 unspecified atom stereocenters. The quantitative estimate of drug-likeness (QED) is 0.500. The molecule has 1 aliphatic heterocycles. The number of fused-ring (bicyclic) bond motifs is 1. The van der Waals surface area contributed by atoms with E-state index in [9.17, 15) is 22.8 Å². The molecular weight excluding hydrogens is 471 g/mol. The monoisotopic (exact) mass is 487 g/mol. The minimum absolute atomic E-state index is 0.178. The number of ether oxygens (including phenoxy) is 1. The minimum atomic E-state index is -4.88. The molecule has 34 heavy (non-hydrogen) atoms. The number of nitriles is 1. The smallest absolute Gasteiger partial charge is 0.420 e. The zero-order chi connectivity index (χ0) is 24.8. The Morgan fingerprint density at radius 3 is 2.59 bits per heavy atom. The Bertz CT molecular complexity index is 1320. The number of hydrogen-bond acceptors (Lipinski definition) is 5. The minimum Gasteiger partial charge on any atom is -0.455 e. The molecule has 10 heteroatoms. The van der Waals surface area contributed by atoms with Gasteiger partial charge in [-0.1, -0.05) is 37.6 Å². The van der Waals surface area contributed by atoms with Crippen molar-refractivity contribution in [3.63, 3.8) is 0 Å². The maximum absolute atomic E-state index is 14.0. The number of hydrogen-bond donors (Lipinski definition) is 0. The molecule has 2 aromatic carbocycles. The van der Waals surface area contributed by atoms with E-state index in [0.29, 0.717) is 11.1 Å². The highest BCUT2D eigenvalue weighted by molar-refractivity contribution is 6.50. The molecule has 0 saturated carbocycles. The predicted octanol–water partition coefficient (Wildman–Crippen LogP) is 5.93. The number of halogens is 4. The first-order chi connectivity index (χ1) is 16.0. The zero-order valence-corrected chi connectivity index (χ0v) is 18.8. The standard InChI is InChI=1S/C24H17ClF3N3O3/c1-12(2)16-6-4-13-3-5-15(9-17(13)16)34-23-18(24(26,27)28)7-14(8-19(23)25)31-22(33)10-21(32)20(11-29)30-31/h3,5-9,12H,4,10H2,1-2H3. The second-order valence-electron chi connectivity index (χ2n) is 8.11. The van der Waals surface area contributed by atoms with Crippen LogP contribution in [0.3, 0.4) is 0 Å². The largest absolute Gasteiger partial charge is 0.455 e. The molecule has 0 N–H and O–H groups in total. The molecule has 0 aromatic heterocycles. The van der Waals surface area contributed by atoms with Gasteiger partial charge in [-0.05, 0) is 53.3 Å². The fourth-order valence-corrected chi connectivity index (χ4v) is 4.12. The molecule has 2 aliphatic rings. The molecule has 2 aromatic rings. The number of rotatable bonds is 4. The molecule has 4 rings (SSSR count). The molecule has 1 amide bonds. The SMILES string of the molecule is CC(C)C1=CCc2ccc(Oc3c(Cl)cc(N4N=C(C#N)C(=O)CC4=O)cc3C(F)(F)F)cc21. The van der Waals surface area contributed by atoms with Crippen molar-refractivity contribution < 1.29 is 27.5 Å². The van der Waals surface area contributed by atoms with E-state index in [0.717, 1.165) is 29.2 Å². The van der Waals surface area contributed by atoms with Gasteiger partial charge in [-0.3, -0.25) is 9.59 Å². The van der Waals surface area contributed by atoms with Crippen LogP contribution in [0, 0.1) is 17.2 Å². The molecule has 0 radical (unpaired) electrons. The molecule has 174 valence electrons. The van der Waals surface area contributed by atoms with Crippen molar-refractivity contribution >= 4 is 40.3 Å². The lowest BCUT2D eigenvalue weighted by Crippen LogP contribution is -2.36. The first-order valence-corrected chi connectivity index (χ1v) is 10.6. The number of anilines is 1. The van der Waals surface area contributed by atoms with Crippen LogP contribution in [0.1, 0.15) is 37.0 Å². The Morgan fingerprint density at radius 2 is 1.94 bits per heavy atom. The van der Waals surface area contributed by atoms with Crippen molar-refractivity contribution in [2.75, 3.05) is 5.01 Å². The van der Waals surface area contributed by atoms with Gasteiger partial charge in [0.1, 0.15) is 17.4 Å². The van der Waals surface area contributed by atoms with E-state index in [2.05, 4.69) is 11.2 Å². The van der Waals surface area contributed by atoms with Gasteiger partial charge in [0, 0.05) is 0 Å². The zero-order valence-electron chi connectivity index (χ0n) is 18.0. The number of amides is 1. The summed E-state index contributed by atoms with van der Waals surface area (Å²) in [5, 5.41) is 12.8. The van der Waals surface area contributed by atoms with E-state index < -0.39 is 46.3 Å². The second-order valence-corrected chi connectivity index (χ2v) is 8.51. The third kappa shape index (κ3) is 4.29. The van der Waals surface area contributed by atoms with Crippen LogP contribution in [0.25, 0.3) is 5.57 Å². The van der Waals surface area contributed by atoms with Gasteiger partial charge < -0.3 is 4.74 Å².